The van der Waals surface area contributed by atoms with Gasteiger partial charge in [-0.05, 0) is 13.0 Å². The number of nitrogens with zero attached hydrogens (tertiary/aromatic N) is 3. The van der Waals surface area contributed by atoms with E-state index in [2.05, 4.69) is 20.7 Å². The second-order valence-electron chi connectivity index (χ2n) is 3.94. The smallest absolute Gasteiger partial charge is 0.257 e. The number of amides is 1. The van der Waals surface area contributed by atoms with Crippen LogP contribution in [0.1, 0.15) is 17.3 Å². The minimum Gasteiger partial charge on any atom is -0.369 e. The zero-order valence-electron chi connectivity index (χ0n) is 10.6. The highest BCUT2D eigenvalue weighted by atomic mass is 35.5. The lowest BCUT2D eigenvalue weighted by Gasteiger charge is -2.07. The van der Waals surface area contributed by atoms with Crippen LogP contribution < -0.4 is 10.6 Å². The van der Waals surface area contributed by atoms with Crippen molar-refractivity contribution < 1.29 is 4.79 Å². The van der Waals surface area contributed by atoms with Gasteiger partial charge in [0.25, 0.3) is 5.91 Å². The summed E-state index contributed by atoms with van der Waals surface area (Å²) in [5, 5.41) is 10.1. The molecule has 0 atom stereocenters. The van der Waals surface area contributed by atoms with Crippen LogP contribution in [0.15, 0.2) is 24.7 Å². The standard InChI is InChI=1S/C12H14ClN5O/c1-3-14-11-10(13)4-8(5-15-11)12(19)17-9-6-16-18(2)7-9/h4-7H,3H2,1-2H3,(H,14,15)(H,17,19). The second kappa shape index (κ2) is 5.71. The lowest BCUT2D eigenvalue weighted by molar-refractivity contribution is 0.102. The molecule has 2 heterocycles. The van der Waals surface area contributed by atoms with Gasteiger partial charge in [-0.3, -0.25) is 9.48 Å². The third-order valence-corrected chi connectivity index (χ3v) is 2.70. The fourth-order valence-electron chi connectivity index (χ4n) is 1.55. The molecular weight excluding hydrogens is 266 g/mol. The molecule has 0 bridgehead atoms. The summed E-state index contributed by atoms with van der Waals surface area (Å²) in [6, 6.07) is 1.58. The van der Waals surface area contributed by atoms with Gasteiger partial charge in [-0.15, -0.1) is 0 Å². The van der Waals surface area contributed by atoms with Crippen LogP contribution in [0.4, 0.5) is 11.5 Å². The van der Waals surface area contributed by atoms with Gasteiger partial charge < -0.3 is 10.6 Å². The molecule has 100 valence electrons. The van der Waals surface area contributed by atoms with Crippen molar-refractivity contribution in [1.29, 1.82) is 0 Å². The highest BCUT2D eigenvalue weighted by Gasteiger charge is 2.10. The van der Waals surface area contributed by atoms with Crippen LogP contribution in [-0.2, 0) is 7.05 Å². The number of carbonyl (C=O) groups excluding carboxylic acids is 1. The highest BCUT2D eigenvalue weighted by Crippen LogP contribution is 2.20. The van der Waals surface area contributed by atoms with Crippen LogP contribution in [0.5, 0.6) is 0 Å². The topological polar surface area (TPSA) is 71.8 Å². The summed E-state index contributed by atoms with van der Waals surface area (Å²) in [4.78, 5) is 16.1. The number of hydrogen-bond acceptors (Lipinski definition) is 4. The second-order valence-corrected chi connectivity index (χ2v) is 4.35. The maximum absolute atomic E-state index is 12.0. The molecule has 0 aliphatic rings. The normalized spacial score (nSPS) is 10.3. The molecule has 1 amide bonds. The summed E-state index contributed by atoms with van der Waals surface area (Å²) in [5.41, 5.74) is 1.02. The molecule has 2 N–H and O–H groups in total. The third kappa shape index (κ3) is 3.23. The molecule has 0 saturated carbocycles. The van der Waals surface area contributed by atoms with Crippen LogP contribution in [0.2, 0.25) is 5.02 Å². The molecule has 0 aliphatic carbocycles. The quantitative estimate of drug-likeness (QED) is 0.899. The molecule has 2 aromatic rings. The Morgan fingerprint density at radius 3 is 2.84 bits per heavy atom. The molecule has 2 rings (SSSR count). The number of carbonyl (C=O) groups is 1. The van der Waals surface area contributed by atoms with Gasteiger partial charge in [0.2, 0.25) is 0 Å². The van der Waals surface area contributed by atoms with E-state index in [9.17, 15) is 4.79 Å². The molecule has 2 aromatic heterocycles. The van der Waals surface area contributed by atoms with Crippen LogP contribution in [0, 0.1) is 0 Å². The van der Waals surface area contributed by atoms with Gasteiger partial charge in [0.15, 0.2) is 0 Å². The molecule has 0 spiro atoms. The zero-order valence-corrected chi connectivity index (χ0v) is 11.4. The first kappa shape index (κ1) is 13.4. The van der Waals surface area contributed by atoms with Crippen LogP contribution in [0.25, 0.3) is 0 Å². The number of pyridine rings is 1. The Kier molecular flexibility index (Phi) is 4.01. The molecule has 7 heteroatoms. The van der Waals surface area contributed by atoms with Gasteiger partial charge in [-0.1, -0.05) is 11.6 Å². The molecule has 19 heavy (non-hydrogen) atoms. The van der Waals surface area contributed by atoms with Crippen molar-refractivity contribution in [3.63, 3.8) is 0 Å². The summed E-state index contributed by atoms with van der Waals surface area (Å²) in [7, 11) is 1.78. The number of rotatable bonds is 4. The Bertz CT molecular complexity index is 596. The minimum absolute atomic E-state index is 0.273. The van der Waals surface area contributed by atoms with Gasteiger partial charge in [-0.25, -0.2) is 4.98 Å². The molecule has 0 aliphatic heterocycles. The number of nitrogens with one attached hydrogen (secondary N) is 2. The first-order valence-electron chi connectivity index (χ1n) is 5.79. The van der Waals surface area contributed by atoms with Crippen molar-refractivity contribution in [2.24, 2.45) is 7.05 Å². The molecule has 0 radical (unpaired) electrons. The van der Waals surface area contributed by atoms with Crippen LogP contribution >= 0.6 is 11.6 Å². The summed E-state index contributed by atoms with van der Waals surface area (Å²) in [6.07, 6.45) is 4.76. The van der Waals surface area contributed by atoms with Gasteiger partial charge in [0, 0.05) is 26.0 Å². The average Bonchev–Trinajstić information content (AvgIpc) is 2.77. The van der Waals surface area contributed by atoms with Crippen molar-refractivity contribution in [2.75, 3.05) is 17.2 Å². The number of hydrogen-bond donors (Lipinski definition) is 2. The molecule has 0 aromatic carbocycles. The fraction of sp³-hybridized carbons (Fsp3) is 0.250. The van der Waals surface area contributed by atoms with E-state index < -0.39 is 0 Å². The molecular formula is C12H14ClN5O. The monoisotopic (exact) mass is 279 g/mol. The van der Waals surface area contributed by atoms with E-state index in [-0.39, 0.29) is 5.91 Å². The number of aryl methyl sites for hydroxylation is 1. The summed E-state index contributed by atoms with van der Waals surface area (Å²) in [5.74, 6) is 0.299. The van der Waals surface area contributed by atoms with E-state index in [0.717, 1.165) is 0 Å². The Morgan fingerprint density at radius 1 is 1.47 bits per heavy atom. The Balaban J connectivity index is 2.13. The maximum Gasteiger partial charge on any atom is 0.257 e. The third-order valence-electron chi connectivity index (χ3n) is 2.41. The summed E-state index contributed by atoms with van der Waals surface area (Å²) >= 11 is 6.04. The Morgan fingerprint density at radius 2 is 2.26 bits per heavy atom. The highest BCUT2D eigenvalue weighted by molar-refractivity contribution is 6.33. The van der Waals surface area contributed by atoms with Crippen molar-refractivity contribution in [1.82, 2.24) is 14.8 Å². The van der Waals surface area contributed by atoms with Crippen molar-refractivity contribution in [3.05, 3.63) is 35.2 Å². The average molecular weight is 280 g/mol. The van der Waals surface area contributed by atoms with E-state index in [4.69, 9.17) is 11.6 Å². The molecule has 0 unspecified atom stereocenters. The molecule has 0 saturated heterocycles. The molecule has 6 nitrogen and oxygen atoms in total. The van der Waals surface area contributed by atoms with Crippen LogP contribution in [0.3, 0.4) is 0 Å². The van der Waals surface area contributed by atoms with E-state index in [1.165, 1.54) is 6.20 Å². The predicted molar refractivity (Wildman–Crippen MR) is 74.6 cm³/mol. The number of aromatic nitrogens is 3. The zero-order chi connectivity index (χ0) is 13.8. The van der Waals surface area contributed by atoms with E-state index in [1.807, 2.05) is 6.92 Å². The first-order valence-corrected chi connectivity index (χ1v) is 6.17. The van der Waals surface area contributed by atoms with Gasteiger partial charge in [0.05, 0.1) is 22.5 Å². The van der Waals surface area contributed by atoms with Gasteiger partial charge >= 0.3 is 0 Å². The van der Waals surface area contributed by atoms with Crippen LogP contribution in [-0.4, -0.2) is 27.2 Å². The summed E-state index contributed by atoms with van der Waals surface area (Å²) < 4.78 is 1.61. The van der Waals surface area contributed by atoms with Gasteiger partial charge in [0.1, 0.15) is 5.82 Å². The number of anilines is 2. The largest absolute Gasteiger partial charge is 0.369 e. The first-order chi connectivity index (χ1) is 9.10. The SMILES string of the molecule is CCNc1ncc(C(=O)Nc2cnn(C)c2)cc1Cl. The maximum atomic E-state index is 12.0. The lowest BCUT2D eigenvalue weighted by Crippen LogP contribution is -2.12. The Hall–Kier alpha value is -2.08. The van der Waals surface area contributed by atoms with Crippen molar-refractivity contribution >= 4 is 29.0 Å². The van der Waals surface area contributed by atoms with Gasteiger partial charge in [-0.2, -0.15) is 5.10 Å². The minimum atomic E-state index is -0.273. The summed E-state index contributed by atoms with van der Waals surface area (Å²) in [6.45, 7) is 2.66. The fourth-order valence-corrected chi connectivity index (χ4v) is 1.78. The van der Waals surface area contributed by atoms with Crippen molar-refractivity contribution in [3.8, 4) is 0 Å². The Labute approximate surface area is 115 Å². The van der Waals surface area contributed by atoms with Crippen molar-refractivity contribution in [2.45, 2.75) is 6.92 Å². The van der Waals surface area contributed by atoms with E-state index in [0.29, 0.717) is 28.6 Å². The number of halogens is 1. The lowest BCUT2D eigenvalue weighted by atomic mass is 10.2. The van der Waals surface area contributed by atoms with E-state index >= 15 is 0 Å². The predicted octanol–water partition coefficient (Wildman–Crippen LogP) is 2.15. The van der Waals surface area contributed by atoms with E-state index in [1.54, 1.807) is 30.2 Å². The molecule has 0 fully saturated rings.